The average molecular weight is 258 g/mol. The molecule has 2 rings (SSSR count). The zero-order chi connectivity index (χ0) is 14.2. The first-order chi connectivity index (χ1) is 8.93. The monoisotopic (exact) mass is 258 g/mol. The van der Waals surface area contributed by atoms with Crippen LogP contribution in [0.25, 0.3) is 0 Å². The molecule has 0 radical (unpaired) electrons. The van der Waals surface area contributed by atoms with Gasteiger partial charge in [-0.3, -0.25) is 4.98 Å². The largest absolute Gasteiger partial charge is 0.368 e. The molecular weight excluding hydrogens is 236 g/mol. The summed E-state index contributed by atoms with van der Waals surface area (Å²) in [5.41, 5.74) is 3.58. The highest BCUT2D eigenvalue weighted by Gasteiger charge is 2.32. The van der Waals surface area contributed by atoms with Gasteiger partial charge in [0.05, 0.1) is 16.9 Å². The van der Waals surface area contributed by atoms with E-state index in [1.54, 1.807) is 0 Å². The number of nitrogens with zero attached hydrogens (tertiary/aromatic N) is 4. The van der Waals surface area contributed by atoms with Gasteiger partial charge in [0, 0.05) is 24.8 Å². The predicted octanol–water partition coefficient (Wildman–Crippen LogP) is 1.96. The van der Waals surface area contributed by atoms with Crippen LogP contribution in [-0.2, 0) is 0 Å². The molecule has 0 N–H and O–H groups in total. The summed E-state index contributed by atoms with van der Waals surface area (Å²) in [6.07, 6.45) is 0. The molecule has 2 atom stereocenters. The molecule has 1 aromatic heterocycles. The van der Waals surface area contributed by atoms with Crippen LogP contribution >= 0.6 is 0 Å². The fraction of sp³-hybridized carbons (Fsp3) is 0.600. The first-order valence-electron chi connectivity index (χ1n) is 6.73. The van der Waals surface area contributed by atoms with E-state index in [4.69, 9.17) is 0 Å². The second-order valence-electron chi connectivity index (χ2n) is 5.77. The third kappa shape index (κ3) is 2.57. The van der Waals surface area contributed by atoms with E-state index in [2.05, 4.69) is 41.9 Å². The molecule has 1 saturated heterocycles. The van der Waals surface area contributed by atoms with Crippen LogP contribution in [-0.4, -0.2) is 43.1 Å². The van der Waals surface area contributed by atoms with Crippen LogP contribution in [0.5, 0.6) is 0 Å². The van der Waals surface area contributed by atoms with Crippen LogP contribution in [0.4, 0.5) is 5.69 Å². The Balaban J connectivity index is 2.37. The normalized spacial score (nSPS) is 22.9. The lowest BCUT2D eigenvalue weighted by atomic mass is 10.1. The molecule has 4 heteroatoms. The van der Waals surface area contributed by atoms with Gasteiger partial charge in [-0.15, -0.1) is 0 Å². The highest BCUT2D eigenvalue weighted by atomic mass is 15.2. The molecule has 1 aliphatic heterocycles. The van der Waals surface area contributed by atoms with Gasteiger partial charge >= 0.3 is 0 Å². The van der Waals surface area contributed by atoms with E-state index >= 15 is 0 Å². The third-order valence-corrected chi connectivity index (χ3v) is 4.00. The summed E-state index contributed by atoms with van der Waals surface area (Å²) in [5, 5.41) is 9.36. The van der Waals surface area contributed by atoms with Crippen LogP contribution in [0.15, 0.2) is 6.07 Å². The molecule has 1 aliphatic rings. The zero-order valence-electron chi connectivity index (χ0n) is 12.4. The molecule has 1 aromatic rings. The number of rotatable bonds is 2. The van der Waals surface area contributed by atoms with Crippen molar-refractivity contribution in [1.29, 1.82) is 5.26 Å². The Labute approximate surface area is 115 Å². The third-order valence-electron chi connectivity index (χ3n) is 4.00. The van der Waals surface area contributed by atoms with Gasteiger partial charge in [-0.25, -0.2) is 0 Å². The van der Waals surface area contributed by atoms with Crippen molar-refractivity contribution >= 4 is 5.69 Å². The minimum Gasteiger partial charge on any atom is -0.368 e. The minimum absolute atomic E-state index is 0.542. The van der Waals surface area contributed by atoms with Crippen molar-refractivity contribution < 1.29 is 0 Å². The molecule has 0 aromatic carbocycles. The fourth-order valence-corrected chi connectivity index (χ4v) is 3.01. The van der Waals surface area contributed by atoms with Crippen molar-refractivity contribution in [3.05, 3.63) is 23.0 Å². The van der Waals surface area contributed by atoms with E-state index in [1.807, 2.05) is 19.9 Å². The Hall–Kier alpha value is -1.60. The minimum atomic E-state index is 0.542. The molecule has 0 aliphatic carbocycles. The SMILES string of the molecule is Cc1cc(N2CC(C)C(N(C)C)C2)c(C#N)c(C)n1. The second-order valence-corrected chi connectivity index (χ2v) is 5.77. The summed E-state index contributed by atoms with van der Waals surface area (Å²) in [6, 6.07) is 4.89. The van der Waals surface area contributed by atoms with Crippen LogP contribution in [0.2, 0.25) is 0 Å². The molecule has 2 unspecified atom stereocenters. The number of aryl methyl sites for hydroxylation is 2. The van der Waals surface area contributed by atoms with Gasteiger partial charge in [0.2, 0.25) is 0 Å². The topological polar surface area (TPSA) is 43.2 Å². The fourth-order valence-electron chi connectivity index (χ4n) is 3.01. The van der Waals surface area contributed by atoms with Gasteiger partial charge in [-0.05, 0) is 39.9 Å². The highest BCUT2D eigenvalue weighted by Crippen LogP contribution is 2.30. The second kappa shape index (κ2) is 5.18. The van der Waals surface area contributed by atoms with Gasteiger partial charge in [-0.2, -0.15) is 5.26 Å². The molecule has 0 amide bonds. The van der Waals surface area contributed by atoms with E-state index < -0.39 is 0 Å². The Morgan fingerprint density at radius 3 is 2.58 bits per heavy atom. The average Bonchev–Trinajstić information content (AvgIpc) is 2.70. The maximum Gasteiger partial charge on any atom is 0.103 e. The quantitative estimate of drug-likeness (QED) is 0.813. The Kier molecular flexibility index (Phi) is 3.77. The van der Waals surface area contributed by atoms with Crippen LogP contribution in [0, 0.1) is 31.1 Å². The maximum atomic E-state index is 9.36. The lowest BCUT2D eigenvalue weighted by Gasteiger charge is -2.23. The van der Waals surface area contributed by atoms with Crippen molar-refractivity contribution in [2.24, 2.45) is 5.92 Å². The van der Waals surface area contributed by atoms with Gasteiger partial charge < -0.3 is 9.80 Å². The summed E-state index contributed by atoms with van der Waals surface area (Å²) in [5.74, 6) is 0.607. The smallest absolute Gasteiger partial charge is 0.103 e. The van der Waals surface area contributed by atoms with Crippen molar-refractivity contribution in [2.75, 3.05) is 32.1 Å². The Morgan fingerprint density at radius 2 is 2.05 bits per heavy atom. The number of likely N-dealkylation sites (N-methyl/N-ethyl adjacent to an activating group) is 1. The summed E-state index contributed by atoms with van der Waals surface area (Å²) in [6.45, 7) is 8.16. The maximum absolute atomic E-state index is 9.36. The number of anilines is 1. The van der Waals surface area contributed by atoms with Crippen LogP contribution in [0.3, 0.4) is 0 Å². The molecule has 2 heterocycles. The molecule has 0 bridgehead atoms. The van der Waals surface area contributed by atoms with Crippen LogP contribution in [0.1, 0.15) is 23.9 Å². The number of pyridine rings is 1. The first kappa shape index (κ1) is 13.8. The Morgan fingerprint density at radius 1 is 1.37 bits per heavy atom. The summed E-state index contributed by atoms with van der Waals surface area (Å²) in [4.78, 5) is 8.99. The van der Waals surface area contributed by atoms with Crippen molar-refractivity contribution in [2.45, 2.75) is 26.8 Å². The molecule has 19 heavy (non-hydrogen) atoms. The van der Waals surface area contributed by atoms with Gasteiger partial charge in [-0.1, -0.05) is 6.92 Å². The summed E-state index contributed by atoms with van der Waals surface area (Å²) in [7, 11) is 4.25. The van der Waals surface area contributed by atoms with E-state index in [0.29, 0.717) is 12.0 Å². The lowest BCUT2D eigenvalue weighted by molar-refractivity contribution is 0.266. The lowest BCUT2D eigenvalue weighted by Crippen LogP contribution is -2.34. The summed E-state index contributed by atoms with van der Waals surface area (Å²) >= 11 is 0. The highest BCUT2D eigenvalue weighted by molar-refractivity contribution is 5.62. The van der Waals surface area contributed by atoms with Crippen molar-refractivity contribution in [3.63, 3.8) is 0 Å². The number of hydrogen-bond acceptors (Lipinski definition) is 4. The number of aromatic nitrogens is 1. The molecule has 0 saturated carbocycles. The first-order valence-corrected chi connectivity index (χ1v) is 6.73. The Bertz CT molecular complexity index is 516. The van der Waals surface area contributed by atoms with Gasteiger partial charge in [0.1, 0.15) is 6.07 Å². The molecule has 102 valence electrons. The van der Waals surface area contributed by atoms with Gasteiger partial charge in [0.15, 0.2) is 0 Å². The van der Waals surface area contributed by atoms with E-state index in [0.717, 1.165) is 35.7 Å². The predicted molar refractivity (Wildman–Crippen MR) is 77.3 cm³/mol. The van der Waals surface area contributed by atoms with Crippen molar-refractivity contribution in [1.82, 2.24) is 9.88 Å². The molecule has 1 fully saturated rings. The molecule has 0 spiro atoms. The molecular formula is C15H22N4. The van der Waals surface area contributed by atoms with Crippen molar-refractivity contribution in [3.8, 4) is 6.07 Å². The standard InChI is InChI=1S/C15H22N4/c1-10-8-19(9-15(10)18(4)5)14-6-11(2)17-12(3)13(14)7-16/h6,10,15H,8-9H2,1-5H3. The number of hydrogen-bond donors (Lipinski definition) is 0. The van der Waals surface area contributed by atoms with Crippen LogP contribution < -0.4 is 4.90 Å². The molecule has 4 nitrogen and oxygen atoms in total. The van der Waals surface area contributed by atoms with E-state index in [9.17, 15) is 5.26 Å². The van der Waals surface area contributed by atoms with E-state index in [-0.39, 0.29) is 0 Å². The van der Waals surface area contributed by atoms with E-state index in [1.165, 1.54) is 0 Å². The zero-order valence-corrected chi connectivity index (χ0v) is 12.4. The van der Waals surface area contributed by atoms with Gasteiger partial charge in [0.25, 0.3) is 0 Å². The number of nitriles is 1. The summed E-state index contributed by atoms with van der Waals surface area (Å²) < 4.78 is 0.